The number of hydrogen-bond donors (Lipinski definition) is 1. The van der Waals surface area contributed by atoms with E-state index in [2.05, 4.69) is 15.8 Å². The van der Waals surface area contributed by atoms with Crippen molar-refractivity contribution in [1.29, 1.82) is 0 Å². The maximum atomic E-state index is 6.06. The average Bonchev–Trinajstić information content (AvgIpc) is 2.62. The third-order valence-electron chi connectivity index (χ3n) is 2.80. The first kappa shape index (κ1) is 14.3. The summed E-state index contributed by atoms with van der Waals surface area (Å²) in [5.41, 5.74) is 1.97. The van der Waals surface area contributed by atoms with Crippen molar-refractivity contribution in [3.63, 3.8) is 0 Å². The second kappa shape index (κ2) is 6.33. The number of rotatable bonds is 5. The zero-order valence-corrected chi connectivity index (χ0v) is 13.1. The van der Waals surface area contributed by atoms with Crippen molar-refractivity contribution in [2.75, 3.05) is 12.0 Å². The summed E-state index contributed by atoms with van der Waals surface area (Å²) in [7, 11) is 0. The Balaban J connectivity index is 2.29. The van der Waals surface area contributed by atoms with Crippen molar-refractivity contribution < 1.29 is 0 Å². The van der Waals surface area contributed by atoms with E-state index in [4.69, 9.17) is 35.4 Å². The van der Waals surface area contributed by atoms with Crippen LogP contribution in [0, 0.1) is 4.77 Å². The molecule has 0 aliphatic carbocycles. The molecule has 1 heterocycles. The summed E-state index contributed by atoms with van der Waals surface area (Å²) in [6, 6.07) is 3.70. The van der Waals surface area contributed by atoms with Crippen LogP contribution in [-0.2, 0) is 6.54 Å². The smallest absolute Gasteiger partial charge is 0.178 e. The topological polar surface area (TPSA) is 20.7 Å². The highest BCUT2D eigenvalue weighted by molar-refractivity contribution is 7.98. The number of aryl methyl sites for hydroxylation is 1. The Kier molecular flexibility index (Phi) is 5.01. The first-order valence-corrected chi connectivity index (χ1v) is 8.26. The predicted molar refractivity (Wildman–Crippen MR) is 84.8 cm³/mol. The van der Waals surface area contributed by atoms with E-state index in [9.17, 15) is 0 Å². The van der Waals surface area contributed by atoms with Crippen LogP contribution in [0.25, 0.3) is 11.0 Å². The lowest BCUT2D eigenvalue weighted by Gasteiger charge is -2.04. The summed E-state index contributed by atoms with van der Waals surface area (Å²) >= 11 is 19.3. The normalized spacial score (nSPS) is 11.3. The second-order valence-electron chi connectivity index (χ2n) is 4.07. The quantitative estimate of drug-likeness (QED) is 0.607. The zero-order chi connectivity index (χ0) is 13.1. The molecule has 1 aromatic carbocycles. The molecule has 0 amide bonds. The van der Waals surface area contributed by atoms with Gasteiger partial charge in [-0.15, -0.1) is 0 Å². The molecule has 1 N–H and O–H groups in total. The number of benzene rings is 1. The molecular weight excluding hydrogens is 307 g/mol. The number of hydrogen-bond acceptors (Lipinski definition) is 2. The second-order valence-corrected chi connectivity index (χ2v) is 6.25. The molecule has 2 rings (SSSR count). The van der Waals surface area contributed by atoms with Gasteiger partial charge < -0.3 is 9.55 Å². The van der Waals surface area contributed by atoms with Crippen LogP contribution in [0.1, 0.15) is 12.8 Å². The molecule has 6 heteroatoms. The number of aromatic nitrogens is 2. The number of H-pyrrole nitrogens is 1. The largest absolute Gasteiger partial charge is 0.331 e. The number of aromatic amines is 1. The molecule has 0 aliphatic heterocycles. The van der Waals surface area contributed by atoms with E-state index < -0.39 is 0 Å². The van der Waals surface area contributed by atoms with Crippen molar-refractivity contribution in [2.24, 2.45) is 0 Å². The number of fused-ring (bicyclic) bond motifs is 1. The summed E-state index contributed by atoms with van der Waals surface area (Å²) in [6.45, 7) is 0.914. The molecule has 0 radical (unpaired) electrons. The maximum absolute atomic E-state index is 6.06. The van der Waals surface area contributed by atoms with E-state index >= 15 is 0 Å². The van der Waals surface area contributed by atoms with Crippen LogP contribution >= 0.6 is 47.2 Å². The van der Waals surface area contributed by atoms with E-state index in [-0.39, 0.29) is 0 Å². The molecule has 18 heavy (non-hydrogen) atoms. The molecule has 98 valence electrons. The highest BCUT2D eigenvalue weighted by Crippen LogP contribution is 2.27. The first-order chi connectivity index (χ1) is 8.63. The van der Waals surface area contributed by atoms with E-state index in [1.165, 1.54) is 12.2 Å². The average molecular weight is 321 g/mol. The number of imidazole rings is 1. The molecular formula is C12H14Cl2N2S2. The highest BCUT2D eigenvalue weighted by Gasteiger charge is 2.07. The van der Waals surface area contributed by atoms with Crippen LogP contribution in [0.4, 0.5) is 0 Å². The van der Waals surface area contributed by atoms with Gasteiger partial charge in [0.1, 0.15) is 0 Å². The van der Waals surface area contributed by atoms with Gasteiger partial charge in [0.2, 0.25) is 0 Å². The molecule has 0 fully saturated rings. The van der Waals surface area contributed by atoms with Gasteiger partial charge in [0.05, 0.1) is 21.1 Å². The Morgan fingerprint density at radius 2 is 2.00 bits per heavy atom. The molecule has 0 saturated heterocycles. The van der Waals surface area contributed by atoms with Crippen molar-refractivity contribution in [1.82, 2.24) is 9.55 Å². The van der Waals surface area contributed by atoms with E-state index in [1.54, 1.807) is 0 Å². The van der Waals surface area contributed by atoms with Crippen LogP contribution in [0.2, 0.25) is 10.0 Å². The molecule has 0 spiro atoms. The molecule has 2 aromatic rings. The Morgan fingerprint density at radius 3 is 2.72 bits per heavy atom. The van der Waals surface area contributed by atoms with Gasteiger partial charge in [-0.3, -0.25) is 0 Å². The Hall–Kier alpha value is -0.160. The fourth-order valence-electron chi connectivity index (χ4n) is 1.89. The van der Waals surface area contributed by atoms with Gasteiger partial charge in [-0.25, -0.2) is 0 Å². The van der Waals surface area contributed by atoms with Crippen LogP contribution in [0.3, 0.4) is 0 Å². The highest BCUT2D eigenvalue weighted by atomic mass is 35.5. The lowest BCUT2D eigenvalue weighted by molar-refractivity contribution is 0.643. The third kappa shape index (κ3) is 3.05. The lowest BCUT2D eigenvalue weighted by atomic mass is 10.3. The molecule has 0 unspecified atom stereocenters. The van der Waals surface area contributed by atoms with E-state index in [1.807, 2.05) is 23.9 Å². The Bertz CT molecular complexity index is 604. The van der Waals surface area contributed by atoms with Gasteiger partial charge in [0, 0.05) is 6.54 Å². The predicted octanol–water partition coefficient (Wildman–Crippen LogP) is 5.15. The van der Waals surface area contributed by atoms with Crippen molar-refractivity contribution in [2.45, 2.75) is 19.4 Å². The van der Waals surface area contributed by atoms with Crippen molar-refractivity contribution >= 4 is 58.2 Å². The first-order valence-electron chi connectivity index (χ1n) is 5.70. The molecule has 2 nitrogen and oxygen atoms in total. The monoisotopic (exact) mass is 320 g/mol. The summed E-state index contributed by atoms with van der Waals surface area (Å²) in [5, 5.41) is 1.12. The maximum Gasteiger partial charge on any atom is 0.178 e. The van der Waals surface area contributed by atoms with Crippen molar-refractivity contribution in [3.05, 3.63) is 26.9 Å². The van der Waals surface area contributed by atoms with Gasteiger partial charge in [0.15, 0.2) is 4.77 Å². The Morgan fingerprint density at radius 1 is 1.28 bits per heavy atom. The minimum Gasteiger partial charge on any atom is -0.331 e. The number of unbranched alkanes of at least 4 members (excludes halogenated alkanes) is 1. The molecule has 0 saturated carbocycles. The summed E-state index contributed by atoms with van der Waals surface area (Å²) in [5.74, 6) is 1.18. The fourth-order valence-corrected chi connectivity index (χ4v) is 3.00. The molecule has 1 aromatic heterocycles. The van der Waals surface area contributed by atoms with Gasteiger partial charge in [-0.05, 0) is 49.2 Å². The Labute approximate surface area is 126 Å². The van der Waals surface area contributed by atoms with Crippen LogP contribution in [0.5, 0.6) is 0 Å². The SMILES string of the molecule is CSCCCCn1c(=S)[nH]c2cc(Cl)c(Cl)cc21. The zero-order valence-electron chi connectivity index (χ0n) is 10.0. The van der Waals surface area contributed by atoms with Crippen molar-refractivity contribution in [3.8, 4) is 0 Å². The summed E-state index contributed by atoms with van der Waals surface area (Å²) in [6.07, 6.45) is 4.43. The standard InChI is InChI=1S/C12H14Cl2N2S2/c1-18-5-3-2-4-16-11-7-9(14)8(13)6-10(11)15-12(16)17/h6-7H,2-5H2,1H3,(H,15,17). The molecule has 0 bridgehead atoms. The van der Waals surface area contributed by atoms with Gasteiger partial charge >= 0.3 is 0 Å². The number of thioether (sulfide) groups is 1. The van der Waals surface area contributed by atoms with E-state index in [0.29, 0.717) is 10.0 Å². The van der Waals surface area contributed by atoms with Gasteiger partial charge in [-0.1, -0.05) is 23.2 Å². The number of nitrogens with zero attached hydrogens (tertiary/aromatic N) is 1. The van der Waals surface area contributed by atoms with E-state index in [0.717, 1.165) is 28.8 Å². The lowest BCUT2D eigenvalue weighted by Crippen LogP contribution is -1.98. The minimum absolute atomic E-state index is 0.551. The van der Waals surface area contributed by atoms with Crippen LogP contribution < -0.4 is 0 Å². The summed E-state index contributed by atoms with van der Waals surface area (Å²) in [4.78, 5) is 3.17. The minimum atomic E-state index is 0.551. The molecule has 0 aliphatic rings. The number of halogens is 2. The van der Waals surface area contributed by atoms with Gasteiger partial charge in [-0.2, -0.15) is 11.8 Å². The van der Waals surface area contributed by atoms with Gasteiger partial charge in [0.25, 0.3) is 0 Å². The third-order valence-corrected chi connectivity index (χ3v) is 4.54. The van der Waals surface area contributed by atoms with Crippen LogP contribution in [-0.4, -0.2) is 21.6 Å². The fraction of sp³-hybridized carbons (Fsp3) is 0.417. The van der Waals surface area contributed by atoms with Crippen LogP contribution in [0.15, 0.2) is 12.1 Å². The number of nitrogens with one attached hydrogen (secondary N) is 1. The summed E-state index contributed by atoms with van der Waals surface area (Å²) < 4.78 is 2.82. The molecule has 0 atom stereocenters.